The number of hydrogen-bond acceptors (Lipinski definition) is 4. The summed E-state index contributed by atoms with van der Waals surface area (Å²) in [4.78, 5) is 16.7. The minimum atomic E-state index is -0.206. The molecule has 0 aliphatic heterocycles. The molecule has 4 nitrogen and oxygen atoms in total. The molecule has 7 heteroatoms. The van der Waals surface area contributed by atoms with E-state index in [9.17, 15) is 4.79 Å². The van der Waals surface area contributed by atoms with Gasteiger partial charge in [-0.15, -0.1) is 11.3 Å². The molecule has 0 bridgehead atoms. The van der Waals surface area contributed by atoms with Crippen molar-refractivity contribution < 1.29 is 9.53 Å². The summed E-state index contributed by atoms with van der Waals surface area (Å²) in [6.07, 6.45) is 2.38. The Bertz CT molecular complexity index is 631. The van der Waals surface area contributed by atoms with Gasteiger partial charge >= 0.3 is 0 Å². The zero-order valence-corrected chi connectivity index (χ0v) is 13.7. The topological polar surface area (TPSA) is 51.2 Å². The van der Waals surface area contributed by atoms with E-state index in [1.165, 1.54) is 11.3 Å². The Morgan fingerprint density at radius 2 is 2.24 bits per heavy atom. The zero-order chi connectivity index (χ0) is 15.2. The summed E-state index contributed by atoms with van der Waals surface area (Å²) in [5.41, 5.74) is 0.969. The minimum Gasteiger partial charge on any atom is -0.372 e. The summed E-state index contributed by atoms with van der Waals surface area (Å²) < 4.78 is 5.03. The lowest BCUT2D eigenvalue weighted by atomic mass is 10.1. The molecule has 1 amide bonds. The van der Waals surface area contributed by atoms with E-state index in [0.717, 1.165) is 10.4 Å². The minimum absolute atomic E-state index is 0.0361. The first-order valence-electron chi connectivity index (χ1n) is 6.34. The van der Waals surface area contributed by atoms with Crippen LogP contribution in [0.4, 0.5) is 5.13 Å². The maximum atomic E-state index is 11.5. The number of nitrogens with one attached hydrogen (secondary N) is 1. The van der Waals surface area contributed by atoms with Gasteiger partial charge in [-0.1, -0.05) is 29.3 Å². The normalized spacial score (nSPS) is 10.6. The quantitative estimate of drug-likeness (QED) is 0.860. The van der Waals surface area contributed by atoms with Crippen molar-refractivity contribution in [3.8, 4) is 0 Å². The molecule has 1 N–H and O–H groups in total. The number of halogens is 2. The number of thiazole rings is 1. The van der Waals surface area contributed by atoms with E-state index in [1.807, 2.05) is 13.0 Å². The second-order valence-electron chi connectivity index (χ2n) is 4.23. The van der Waals surface area contributed by atoms with Gasteiger partial charge in [0.1, 0.15) is 6.61 Å². The molecule has 0 fully saturated rings. The highest BCUT2D eigenvalue weighted by atomic mass is 35.5. The van der Waals surface area contributed by atoms with E-state index >= 15 is 0 Å². The van der Waals surface area contributed by atoms with E-state index in [4.69, 9.17) is 27.9 Å². The molecule has 2 aromatic rings. The third-order valence-electron chi connectivity index (χ3n) is 2.62. The van der Waals surface area contributed by atoms with Crippen LogP contribution in [-0.4, -0.2) is 24.1 Å². The molecule has 1 aromatic heterocycles. The molecule has 21 heavy (non-hydrogen) atoms. The monoisotopic (exact) mass is 344 g/mol. The van der Waals surface area contributed by atoms with Crippen molar-refractivity contribution in [3.63, 3.8) is 0 Å². The maximum absolute atomic E-state index is 11.5. The molecule has 1 heterocycles. The van der Waals surface area contributed by atoms with Gasteiger partial charge in [-0.25, -0.2) is 4.98 Å². The van der Waals surface area contributed by atoms with Crippen molar-refractivity contribution in [1.82, 2.24) is 4.98 Å². The van der Waals surface area contributed by atoms with Gasteiger partial charge in [-0.05, 0) is 24.6 Å². The number of hydrogen-bond donors (Lipinski definition) is 1. The van der Waals surface area contributed by atoms with Crippen LogP contribution in [0.2, 0.25) is 10.0 Å². The first kappa shape index (κ1) is 16.2. The molecule has 1 aromatic carbocycles. The van der Waals surface area contributed by atoms with Crippen LogP contribution >= 0.6 is 34.5 Å². The van der Waals surface area contributed by atoms with Gasteiger partial charge in [0.25, 0.3) is 5.91 Å². The van der Waals surface area contributed by atoms with Gasteiger partial charge in [-0.2, -0.15) is 0 Å². The first-order chi connectivity index (χ1) is 10.1. The van der Waals surface area contributed by atoms with Gasteiger partial charge < -0.3 is 4.74 Å². The van der Waals surface area contributed by atoms with Crippen molar-refractivity contribution in [1.29, 1.82) is 0 Å². The van der Waals surface area contributed by atoms with Crippen molar-refractivity contribution >= 4 is 45.6 Å². The highest BCUT2D eigenvalue weighted by molar-refractivity contribution is 7.15. The maximum Gasteiger partial charge on any atom is 0.252 e. The summed E-state index contributed by atoms with van der Waals surface area (Å²) >= 11 is 13.4. The Balaban J connectivity index is 1.98. The smallest absolute Gasteiger partial charge is 0.252 e. The zero-order valence-electron chi connectivity index (χ0n) is 11.4. The fourth-order valence-electron chi connectivity index (χ4n) is 1.65. The van der Waals surface area contributed by atoms with Gasteiger partial charge in [0.2, 0.25) is 0 Å². The summed E-state index contributed by atoms with van der Waals surface area (Å²) in [5.74, 6) is -0.206. The Labute approximate surface area is 137 Å². The lowest BCUT2D eigenvalue weighted by Crippen LogP contribution is -2.17. The van der Waals surface area contributed by atoms with Crippen LogP contribution in [0.25, 0.3) is 0 Å². The van der Waals surface area contributed by atoms with Crippen molar-refractivity contribution in [2.75, 3.05) is 18.5 Å². The Morgan fingerprint density at radius 3 is 2.95 bits per heavy atom. The number of benzene rings is 1. The van der Waals surface area contributed by atoms with E-state index in [2.05, 4.69) is 10.3 Å². The number of anilines is 1. The lowest BCUT2D eigenvalue weighted by Gasteiger charge is -2.02. The molecule has 0 saturated heterocycles. The van der Waals surface area contributed by atoms with Crippen LogP contribution in [0.5, 0.6) is 0 Å². The molecule has 112 valence electrons. The van der Waals surface area contributed by atoms with Crippen LogP contribution in [0.1, 0.15) is 17.4 Å². The second kappa shape index (κ2) is 7.75. The van der Waals surface area contributed by atoms with Crippen molar-refractivity contribution in [2.24, 2.45) is 0 Å². The number of carbonyl (C=O) groups excluding carboxylic acids is 1. The van der Waals surface area contributed by atoms with Gasteiger partial charge in [0.05, 0.1) is 0 Å². The molecule has 0 aliphatic rings. The molecule has 0 radical (unpaired) electrons. The highest BCUT2D eigenvalue weighted by Gasteiger charge is 2.09. The van der Waals surface area contributed by atoms with Gasteiger partial charge in [0.15, 0.2) is 5.13 Å². The van der Waals surface area contributed by atoms with Crippen molar-refractivity contribution in [3.05, 3.63) is 44.9 Å². The summed E-state index contributed by atoms with van der Waals surface area (Å²) in [6.45, 7) is 2.38. The second-order valence-corrected chi connectivity index (χ2v) is 6.19. The third kappa shape index (κ3) is 4.97. The number of carbonyl (C=O) groups is 1. The number of ether oxygens (including phenoxy) is 1. The largest absolute Gasteiger partial charge is 0.372 e. The number of aromatic nitrogens is 1. The molecule has 0 atom stereocenters. The summed E-state index contributed by atoms with van der Waals surface area (Å²) in [7, 11) is 0. The average molecular weight is 345 g/mol. The van der Waals surface area contributed by atoms with Gasteiger partial charge in [0, 0.05) is 34.1 Å². The van der Waals surface area contributed by atoms with E-state index in [-0.39, 0.29) is 12.5 Å². The van der Waals surface area contributed by atoms with Crippen LogP contribution in [-0.2, 0) is 16.0 Å². The molecular weight excluding hydrogens is 331 g/mol. The van der Waals surface area contributed by atoms with E-state index < -0.39 is 0 Å². The van der Waals surface area contributed by atoms with Crippen LogP contribution < -0.4 is 5.32 Å². The third-order valence-corrected chi connectivity index (χ3v) is 4.12. The summed E-state index contributed by atoms with van der Waals surface area (Å²) in [5, 5.41) is 4.48. The fourth-order valence-corrected chi connectivity index (χ4v) is 2.98. The first-order valence-corrected chi connectivity index (χ1v) is 7.92. The number of nitrogens with zero attached hydrogens (tertiary/aromatic N) is 1. The van der Waals surface area contributed by atoms with Crippen LogP contribution in [0, 0.1) is 0 Å². The molecule has 2 rings (SSSR count). The molecule has 0 aliphatic carbocycles. The Hall–Kier alpha value is -1.14. The number of amides is 1. The molecule has 0 spiro atoms. The van der Waals surface area contributed by atoms with Crippen molar-refractivity contribution in [2.45, 2.75) is 13.3 Å². The highest BCUT2D eigenvalue weighted by Crippen LogP contribution is 2.26. The average Bonchev–Trinajstić information content (AvgIpc) is 2.87. The standard InChI is InChI=1S/C14H14Cl2N2O2S/c1-2-20-8-13(19)18-14-17-7-11(21-14)5-9-3-4-10(15)6-12(9)16/h3-4,6-7H,2,5,8H2,1H3,(H,17,18,19). The van der Waals surface area contributed by atoms with Gasteiger partial charge in [-0.3, -0.25) is 10.1 Å². The predicted octanol–water partition coefficient (Wildman–Crippen LogP) is 4.02. The predicted molar refractivity (Wildman–Crippen MR) is 86.5 cm³/mol. The van der Waals surface area contributed by atoms with Crippen LogP contribution in [0.15, 0.2) is 24.4 Å². The van der Waals surface area contributed by atoms with Crippen LogP contribution in [0.3, 0.4) is 0 Å². The van der Waals surface area contributed by atoms with E-state index in [1.54, 1.807) is 18.3 Å². The molecular formula is C14H14Cl2N2O2S. The lowest BCUT2D eigenvalue weighted by molar-refractivity contribution is -0.120. The molecule has 0 unspecified atom stereocenters. The Morgan fingerprint density at radius 1 is 1.43 bits per heavy atom. The Kier molecular flexibility index (Phi) is 5.99. The van der Waals surface area contributed by atoms with E-state index in [0.29, 0.717) is 28.2 Å². The fraction of sp³-hybridized carbons (Fsp3) is 0.286. The summed E-state index contributed by atoms with van der Waals surface area (Å²) in [6, 6.07) is 5.40. The SMILES string of the molecule is CCOCC(=O)Nc1ncc(Cc2ccc(Cl)cc2Cl)s1. The molecule has 0 saturated carbocycles. The number of rotatable bonds is 6.